The first-order valence-electron chi connectivity index (χ1n) is 9.76. The van der Waals surface area contributed by atoms with Crippen LogP contribution in [0.15, 0.2) is 47.5 Å². The van der Waals surface area contributed by atoms with Crippen LogP contribution in [0.25, 0.3) is 10.2 Å². The summed E-state index contributed by atoms with van der Waals surface area (Å²) in [4.78, 5) is 34.6. The Balaban J connectivity index is 1.97. The Morgan fingerprint density at radius 3 is 2.59 bits per heavy atom. The highest BCUT2D eigenvalue weighted by Crippen LogP contribution is 2.36. The Bertz CT molecular complexity index is 1200. The molecule has 0 unspecified atom stereocenters. The minimum Gasteiger partial charge on any atom is -0.395 e. The smallest absolute Gasteiger partial charge is 0.395 e. The maximum absolute atomic E-state index is 13.0. The Hall–Kier alpha value is -3.22. The number of guanidine groups is 1. The number of likely N-dealkylation sites (N-methyl/N-ethyl adjacent to an activating group) is 1. The van der Waals surface area contributed by atoms with Gasteiger partial charge in [0.05, 0.1) is 29.1 Å². The number of thiazole rings is 1. The van der Waals surface area contributed by atoms with Gasteiger partial charge in [-0.2, -0.15) is 13.2 Å². The SMILES string of the molecule is CN(CCO)C(=O)NC(=Nc1ccc2nc(C(F)(F)F)sc2c1)N(C=O)Cc1ccc(Cl)cc1. The normalized spacial score (nSPS) is 12.0. The van der Waals surface area contributed by atoms with Gasteiger partial charge in [-0.05, 0) is 35.9 Å². The summed E-state index contributed by atoms with van der Waals surface area (Å²) in [7, 11) is 1.44. The molecule has 8 nitrogen and oxygen atoms in total. The van der Waals surface area contributed by atoms with Gasteiger partial charge in [-0.15, -0.1) is 11.3 Å². The lowest BCUT2D eigenvalue weighted by Gasteiger charge is -2.23. The molecule has 13 heteroatoms. The van der Waals surface area contributed by atoms with Gasteiger partial charge in [-0.3, -0.25) is 15.0 Å². The molecule has 3 amide bonds. The Morgan fingerprint density at radius 1 is 1.26 bits per heavy atom. The second kappa shape index (κ2) is 10.8. The first kappa shape index (κ1) is 25.4. The third-order valence-corrected chi connectivity index (χ3v) is 5.83. The summed E-state index contributed by atoms with van der Waals surface area (Å²) in [5.41, 5.74) is 1.04. The van der Waals surface area contributed by atoms with E-state index in [4.69, 9.17) is 16.7 Å². The number of aromatic nitrogens is 1. The molecule has 1 heterocycles. The quantitative estimate of drug-likeness (QED) is 0.292. The van der Waals surface area contributed by atoms with Gasteiger partial charge < -0.3 is 10.0 Å². The third kappa shape index (κ3) is 6.43. The number of nitrogens with one attached hydrogen (secondary N) is 1. The van der Waals surface area contributed by atoms with Gasteiger partial charge in [-0.1, -0.05) is 23.7 Å². The molecule has 0 spiro atoms. The zero-order valence-electron chi connectivity index (χ0n) is 17.7. The molecule has 34 heavy (non-hydrogen) atoms. The second-order valence-corrected chi connectivity index (χ2v) is 8.51. The van der Waals surface area contributed by atoms with Gasteiger partial charge in [0.15, 0.2) is 5.01 Å². The molecule has 0 saturated heterocycles. The van der Waals surface area contributed by atoms with Crippen molar-refractivity contribution in [2.75, 3.05) is 20.2 Å². The second-order valence-electron chi connectivity index (χ2n) is 7.04. The van der Waals surface area contributed by atoms with Gasteiger partial charge in [0.25, 0.3) is 0 Å². The minimum absolute atomic E-state index is 0.0322. The average Bonchev–Trinajstić information content (AvgIpc) is 3.22. The first-order valence-corrected chi connectivity index (χ1v) is 11.0. The number of hydrogen-bond acceptors (Lipinski definition) is 6. The fraction of sp³-hybridized carbons (Fsp3) is 0.238. The van der Waals surface area contributed by atoms with Gasteiger partial charge in [0, 0.05) is 18.6 Å². The van der Waals surface area contributed by atoms with E-state index in [-0.39, 0.29) is 41.6 Å². The molecule has 0 fully saturated rings. The molecule has 0 radical (unpaired) electrons. The third-order valence-electron chi connectivity index (χ3n) is 4.52. The summed E-state index contributed by atoms with van der Waals surface area (Å²) >= 11 is 6.36. The van der Waals surface area contributed by atoms with Gasteiger partial charge in [-0.25, -0.2) is 14.8 Å². The van der Waals surface area contributed by atoms with E-state index in [1.165, 1.54) is 30.1 Å². The molecule has 2 aromatic carbocycles. The number of urea groups is 1. The molecule has 0 atom stereocenters. The number of alkyl halides is 3. The van der Waals surface area contributed by atoms with Crippen molar-refractivity contribution in [3.63, 3.8) is 0 Å². The zero-order chi connectivity index (χ0) is 24.9. The number of aliphatic imine (C=N–C) groups is 1. The number of hydrogen-bond donors (Lipinski definition) is 2. The van der Waals surface area contributed by atoms with Crippen LogP contribution in [0.5, 0.6) is 0 Å². The Labute approximate surface area is 201 Å². The van der Waals surface area contributed by atoms with Crippen LogP contribution in [-0.2, 0) is 17.5 Å². The van der Waals surface area contributed by atoms with Crippen molar-refractivity contribution in [2.24, 2.45) is 4.99 Å². The molecular weight excluding hydrogens is 495 g/mol. The summed E-state index contributed by atoms with van der Waals surface area (Å²) in [6.45, 7) is -0.211. The molecular formula is C21H19ClF3N5O3S. The van der Waals surface area contributed by atoms with Gasteiger partial charge in [0.1, 0.15) is 0 Å². The first-order chi connectivity index (χ1) is 16.1. The van der Waals surface area contributed by atoms with Crippen molar-refractivity contribution in [3.8, 4) is 0 Å². The predicted molar refractivity (Wildman–Crippen MR) is 123 cm³/mol. The molecule has 2 N–H and O–H groups in total. The van der Waals surface area contributed by atoms with E-state index in [9.17, 15) is 22.8 Å². The molecule has 180 valence electrons. The zero-order valence-corrected chi connectivity index (χ0v) is 19.3. The van der Waals surface area contributed by atoms with E-state index in [0.29, 0.717) is 28.3 Å². The number of benzene rings is 2. The van der Waals surface area contributed by atoms with Crippen molar-refractivity contribution in [1.82, 2.24) is 20.1 Å². The van der Waals surface area contributed by atoms with Crippen molar-refractivity contribution in [3.05, 3.63) is 58.1 Å². The number of halogens is 4. The Morgan fingerprint density at radius 2 is 1.97 bits per heavy atom. The fourth-order valence-electron chi connectivity index (χ4n) is 2.78. The lowest BCUT2D eigenvalue weighted by atomic mass is 10.2. The van der Waals surface area contributed by atoms with E-state index in [1.54, 1.807) is 24.3 Å². The Kier molecular flexibility index (Phi) is 8.07. The van der Waals surface area contributed by atoms with Crippen LogP contribution in [0, 0.1) is 0 Å². The van der Waals surface area contributed by atoms with Crippen molar-refractivity contribution >= 4 is 57.2 Å². The lowest BCUT2D eigenvalue weighted by molar-refractivity contribution is -0.137. The minimum atomic E-state index is -4.57. The van der Waals surface area contributed by atoms with Crippen molar-refractivity contribution in [1.29, 1.82) is 0 Å². The maximum atomic E-state index is 13.0. The predicted octanol–water partition coefficient (Wildman–Crippen LogP) is 4.25. The number of carbonyl (C=O) groups is 2. The number of aliphatic hydroxyl groups is 1. The number of aliphatic hydroxyl groups excluding tert-OH is 1. The van der Waals surface area contributed by atoms with Crippen LogP contribution in [0.2, 0.25) is 5.02 Å². The summed E-state index contributed by atoms with van der Waals surface area (Å²) in [5.74, 6) is -0.153. The van der Waals surface area contributed by atoms with E-state index < -0.39 is 17.2 Å². The van der Waals surface area contributed by atoms with Crippen molar-refractivity contribution < 1.29 is 27.9 Å². The summed E-state index contributed by atoms with van der Waals surface area (Å²) in [5, 5.41) is 11.1. The number of fused-ring (bicyclic) bond motifs is 1. The van der Waals surface area contributed by atoms with Crippen LogP contribution in [-0.4, -0.2) is 58.5 Å². The highest BCUT2D eigenvalue weighted by Gasteiger charge is 2.34. The molecule has 1 aromatic heterocycles. The molecule has 0 saturated carbocycles. The molecule has 0 aliphatic carbocycles. The van der Waals surface area contributed by atoms with E-state index in [1.807, 2.05) is 0 Å². The van der Waals surface area contributed by atoms with E-state index in [0.717, 1.165) is 4.90 Å². The van der Waals surface area contributed by atoms with Gasteiger partial charge in [0.2, 0.25) is 12.4 Å². The highest BCUT2D eigenvalue weighted by atomic mass is 35.5. The van der Waals surface area contributed by atoms with Crippen LogP contribution in [0.4, 0.5) is 23.7 Å². The van der Waals surface area contributed by atoms with Crippen molar-refractivity contribution in [2.45, 2.75) is 12.7 Å². The number of amides is 3. The monoisotopic (exact) mass is 513 g/mol. The molecule has 3 rings (SSSR count). The summed E-state index contributed by atoms with van der Waals surface area (Å²) < 4.78 is 39.2. The summed E-state index contributed by atoms with van der Waals surface area (Å²) in [6, 6.07) is 10.2. The highest BCUT2D eigenvalue weighted by molar-refractivity contribution is 7.18. The topological polar surface area (TPSA) is 98.1 Å². The largest absolute Gasteiger partial charge is 0.443 e. The maximum Gasteiger partial charge on any atom is 0.443 e. The average molecular weight is 514 g/mol. The number of nitrogens with zero attached hydrogens (tertiary/aromatic N) is 4. The number of carbonyl (C=O) groups excluding carboxylic acids is 2. The standard InChI is InChI=1S/C21H19ClF3N5O3S/c1-29(8-9-31)20(33)28-19(30(12-32)11-13-2-4-14(22)5-3-13)26-15-6-7-16-17(10-15)34-18(27-16)21(23,24)25/h2-7,10,12,31H,8-9,11H2,1H3,(H,26,28,33). The number of rotatable bonds is 6. The molecule has 0 aliphatic rings. The molecule has 3 aromatic rings. The van der Waals surface area contributed by atoms with E-state index >= 15 is 0 Å². The molecule has 0 bridgehead atoms. The molecule has 0 aliphatic heterocycles. The fourth-order valence-corrected chi connectivity index (χ4v) is 3.77. The van der Waals surface area contributed by atoms with Crippen LogP contribution in [0.1, 0.15) is 10.6 Å². The van der Waals surface area contributed by atoms with Gasteiger partial charge >= 0.3 is 12.2 Å². The lowest BCUT2D eigenvalue weighted by Crippen LogP contribution is -2.48. The summed E-state index contributed by atoms with van der Waals surface area (Å²) in [6.07, 6.45) is -4.11. The van der Waals surface area contributed by atoms with Crippen LogP contribution < -0.4 is 5.32 Å². The van der Waals surface area contributed by atoms with Crippen LogP contribution >= 0.6 is 22.9 Å². The van der Waals surface area contributed by atoms with E-state index in [2.05, 4.69) is 15.3 Å². The van der Waals surface area contributed by atoms with Crippen LogP contribution in [0.3, 0.4) is 0 Å².